The lowest BCUT2D eigenvalue weighted by atomic mass is 10.3. The predicted octanol–water partition coefficient (Wildman–Crippen LogP) is 0.894. The molecule has 1 aromatic heterocycles. The molecule has 0 aliphatic rings. The van der Waals surface area contributed by atoms with Crippen molar-refractivity contribution in [3.05, 3.63) is 17.7 Å². The van der Waals surface area contributed by atoms with Gasteiger partial charge in [-0.1, -0.05) is 6.08 Å². The van der Waals surface area contributed by atoms with Crippen LogP contribution in [0.5, 0.6) is 10.9 Å². The molecule has 106 valence electrons. The van der Waals surface area contributed by atoms with Gasteiger partial charge in [-0.3, -0.25) is 4.79 Å². The summed E-state index contributed by atoms with van der Waals surface area (Å²) in [4.78, 5) is 13.6. The number of hydrogen-bond donors (Lipinski definition) is 1. The first-order valence-electron chi connectivity index (χ1n) is 5.74. The first kappa shape index (κ1) is 15.5. The minimum atomic E-state index is -0.155. The van der Waals surface area contributed by atoms with Gasteiger partial charge >= 0.3 is 0 Å². The number of hydrogen-bond acceptors (Lipinski definition) is 6. The topological polar surface area (TPSA) is 63.7 Å². The van der Waals surface area contributed by atoms with E-state index in [-0.39, 0.29) is 5.91 Å². The molecule has 1 heterocycles. The van der Waals surface area contributed by atoms with Crippen molar-refractivity contribution in [3.8, 4) is 10.9 Å². The van der Waals surface area contributed by atoms with Crippen molar-refractivity contribution in [3.63, 3.8) is 0 Å². The summed E-state index contributed by atoms with van der Waals surface area (Å²) in [7, 11) is 6.98. The third-order valence-electron chi connectivity index (χ3n) is 2.27. The standard InChI is InChI=1S/C12H19N3O3S/c1-15(2)7-5-6-10(16)13-8-9-11(17-3)14-19-12(9)18-4/h5-6H,7-8H2,1-4H3,(H,13,16)/b6-5+. The van der Waals surface area contributed by atoms with Crippen molar-refractivity contribution in [1.82, 2.24) is 14.6 Å². The molecule has 1 N–H and O–H groups in total. The van der Waals surface area contributed by atoms with Crippen LogP contribution in [0.2, 0.25) is 0 Å². The highest BCUT2D eigenvalue weighted by Crippen LogP contribution is 2.31. The number of carbonyl (C=O) groups is 1. The largest absolute Gasteiger partial charge is 0.486 e. The number of rotatable bonds is 7. The highest BCUT2D eigenvalue weighted by atomic mass is 32.1. The second kappa shape index (κ2) is 7.75. The molecule has 19 heavy (non-hydrogen) atoms. The van der Waals surface area contributed by atoms with E-state index in [0.29, 0.717) is 17.5 Å². The maximum absolute atomic E-state index is 11.6. The van der Waals surface area contributed by atoms with Gasteiger partial charge in [-0.05, 0) is 14.1 Å². The Morgan fingerprint density at radius 1 is 1.42 bits per heavy atom. The molecule has 7 heteroatoms. The molecular formula is C12H19N3O3S. The zero-order chi connectivity index (χ0) is 14.3. The van der Waals surface area contributed by atoms with Crippen LogP contribution < -0.4 is 14.8 Å². The second-order valence-corrected chi connectivity index (χ2v) is 4.78. The first-order valence-corrected chi connectivity index (χ1v) is 6.51. The molecule has 0 aromatic carbocycles. The molecular weight excluding hydrogens is 266 g/mol. The van der Waals surface area contributed by atoms with Crippen molar-refractivity contribution >= 4 is 17.4 Å². The predicted molar refractivity (Wildman–Crippen MR) is 74.8 cm³/mol. The van der Waals surface area contributed by atoms with Gasteiger partial charge in [0.1, 0.15) is 0 Å². The van der Waals surface area contributed by atoms with Crippen molar-refractivity contribution in [2.45, 2.75) is 6.54 Å². The van der Waals surface area contributed by atoms with Crippen LogP contribution in [0.3, 0.4) is 0 Å². The minimum Gasteiger partial charge on any atom is -0.486 e. The number of amides is 1. The molecule has 0 atom stereocenters. The molecule has 0 saturated carbocycles. The molecule has 0 aliphatic heterocycles. The van der Waals surface area contributed by atoms with Crippen LogP contribution in [-0.2, 0) is 11.3 Å². The monoisotopic (exact) mass is 285 g/mol. The van der Waals surface area contributed by atoms with Crippen LogP contribution in [-0.4, -0.2) is 50.0 Å². The van der Waals surface area contributed by atoms with Crippen LogP contribution in [0, 0.1) is 0 Å². The number of methoxy groups -OCH3 is 2. The van der Waals surface area contributed by atoms with Gasteiger partial charge in [0.25, 0.3) is 0 Å². The summed E-state index contributed by atoms with van der Waals surface area (Å²) in [5.41, 5.74) is 0.754. The van der Waals surface area contributed by atoms with Crippen molar-refractivity contribution in [1.29, 1.82) is 0 Å². The van der Waals surface area contributed by atoms with Crippen LogP contribution in [0.25, 0.3) is 0 Å². The molecule has 1 amide bonds. The minimum absolute atomic E-state index is 0.155. The number of aromatic nitrogens is 1. The van der Waals surface area contributed by atoms with E-state index in [2.05, 4.69) is 9.69 Å². The molecule has 1 aromatic rings. The number of nitrogens with zero attached hydrogens (tertiary/aromatic N) is 2. The van der Waals surface area contributed by atoms with Gasteiger partial charge in [0.15, 0.2) is 0 Å². The summed E-state index contributed by atoms with van der Waals surface area (Å²) < 4.78 is 14.4. The number of likely N-dealkylation sites (N-methyl/N-ethyl adjacent to an activating group) is 1. The quantitative estimate of drug-likeness (QED) is 0.754. The number of ether oxygens (including phenoxy) is 2. The lowest BCUT2D eigenvalue weighted by Crippen LogP contribution is -2.21. The van der Waals surface area contributed by atoms with Gasteiger partial charge in [0, 0.05) is 24.2 Å². The summed E-state index contributed by atoms with van der Waals surface area (Å²) in [5, 5.41) is 3.42. The van der Waals surface area contributed by atoms with Gasteiger partial charge in [-0.15, -0.1) is 0 Å². The van der Waals surface area contributed by atoms with Crippen LogP contribution >= 0.6 is 11.5 Å². The van der Waals surface area contributed by atoms with Crippen molar-refractivity contribution < 1.29 is 14.3 Å². The molecule has 6 nitrogen and oxygen atoms in total. The Bertz CT molecular complexity index is 422. The zero-order valence-electron chi connectivity index (χ0n) is 11.6. The summed E-state index contributed by atoms with van der Waals surface area (Å²) in [5.74, 6) is 0.330. The SMILES string of the molecule is COc1nsc(OC)c1CNC(=O)/C=C/CN(C)C. The Morgan fingerprint density at radius 3 is 2.74 bits per heavy atom. The van der Waals surface area contributed by atoms with E-state index in [1.807, 2.05) is 19.0 Å². The van der Waals surface area contributed by atoms with E-state index in [0.717, 1.165) is 12.1 Å². The molecule has 0 radical (unpaired) electrons. The molecule has 0 bridgehead atoms. The summed E-state index contributed by atoms with van der Waals surface area (Å²) >= 11 is 1.20. The Labute approximate surface area is 117 Å². The number of nitrogens with one attached hydrogen (secondary N) is 1. The lowest BCUT2D eigenvalue weighted by Gasteiger charge is -2.06. The molecule has 0 aliphatic carbocycles. The van der Waals surface area contributed by atoms with Gasteiger partial charge in [-0.25, -0.2) is 0 Å². The van der Waals surface area contributed by atoms with Crippen molar-refractivity contribution in [2.75, 3.05) is 34.9 Å². The molecule has 1 rings (SSSR count). The van der Waals surface area contributed by atoms with Crippen LogP contribution in [0.4, 0.5) is 0 Å². The Morgan fingerprint density at radius 2 is 2.16 bits per heavy atom. The van der Waals surface area contributed by atoms with E-state index >= 15 is 0 Å². The lowest BCUT2D eigenvalue weighted by molar-refractivity contribution is -0.116. The average Bonchev–Trinajstić information content (AvgIpc) is 2.77. The van der Waals surface area contributed by atoms with Crippen LogP contribution in [0.1, 0.15) is 5.56 Å². The smallest absolute Gasteiger partial charge is 0.243 e. The molecule has 0 saturated heterocycles. The molecule has 0 fully saturated rings. The average molecular weight is 285 g/mol. The fraction of sp³-hybridized carbons (Fsp3) is 0.500. The second-order valence-electron chi connectivity index (χ2n) is 4.04. The fourth-order valence-electron chi connectivity index (χ4n) is 1.35. The maximum atomic E-state index is 11.6. The molecule has 0 spiro atoms. The fourth-order valence-corrected chi connectivity index (χ4v) is 2.05. The Balaban J connectivity index is 2.54. The summed E-state index contributed by atoms with van der Waals surface area (Å²) in [6, 6.07) is 0. The van der Waals surface area contributed by atoms with Gasteiger partial charge in [-0.2, -0.15) is 4.37 Å². The maximum Gasteiger partial charge on any atom is 0.243 e. The Kier molecular flexibility index (Phi) is 6.31. The normalized spacial score (nSPS) is 11.0. The Hall–Kier alpha value is -1.60. The highest BCUT2D eigenvalue weighted by Gasteiger charge is 2.15. The third-order valence-corrected chi connectivity index (χ3v) is 3.11. The molecule has 0 unspecified atom stereocenters. The zero-order valence-corrected chi connectivity index (χ0v) is 12.4. The van der Waals surface area contributed by atoms with Gasteiger partial charge < -0.3 is 19.7 Å². The van der Waals surface area contributed by atoms with E-state index in [1.54, 1.807) is 13.2 Å². The third kappa shape index (κ3) is 4.88. The van der Waals surface area contributed by atoms with Crippen molar-refractivity contribution in [2.24, 2.45) is 0 Å². The summed E-state index contributed by atoms with van der Waals surface area (Å²) in [6.07, 6.45) is 3.31. The summed E-state index contributed by atoms with van der Waals surface area (Å²) in [6.45, 7) is 1.05. The van der Waals surface area contributed by atoms with Gasteiger partial charge in [0.05, 0.1) is 26.3 Å². The highest BCUT2D eigenvalue weighted by molar-refractivity contribution is 7.08. The number of carbonyl (C=O) groups excluding carboxylic acids is 1. The van der Waals surface area contributed by atoms with E-state index in [9.17, 15) is 4.79 Å². The van der Waals surface area contributed by atoms with Gasteiger partial charge in [0.2, 0.25) is 16.9 Å². The first-order chi connectivity index (χ1) is 9.08. The van der Waals surface area contributed by atoms with E-state index in [4.69, 9.17) is 9.47 Å². The van der Waals surface area contributed by atoms with E-state index < -0.39 is 0 Å². The van der Waals surface area contributed by atoms with Crippen LogP contribution in [0.15, 0.2) is 12.2 Å². The van der Waals surface area contributed by atoms with E-state index in [1.165, 1.54) is 24.7 Å².